The molecule has 9 N–H and O–H groups in total. The van der Waals surface area contributed by atoms with E-state index in [1.807, 2.05) is 13.8 Å². The maximum Gasteiger partial charge on any atom is 0.328 e. The fourth-order valence-electron chi connectivity index (χ4n) is 2.85. The summed E-state index contributed by atoms with van der Waals surface area (Å²) in [7, 11) is 0. The molecule has 0 saturated heterocycles. The van der Waals surface area contributed by atoms with Gasteiger partial charge in [0.1, 0.15) is 18.1 Å². The van der Waals surface area contributed by atoms with Crippen molar-refractivity contribution in [2.24, 2.45) is 23.3 Å². The first kappa shape index (κ1) is 29.3. The molecule has 0 aromatic carbocycles. The van der Waals surface area contributed by atoms with Crippen LogP contribution in [0.1, 0.15) is 53.4 Å². The number of hydrogen-bond donors (Lipinski definition) is 7. The van der Waals surface area contributed by atoms with Gasteiger partial charge >= 0.3 is 5.97 Å². The first-order valence-electron chi connectivity index (χ1n) is 10.6. The molecule has 4 amide bonds. The number of aliphatic hydroxyl groups is 1. The predicted octanol–water partition coefficient (Wildman–Crippen LogP) is -1.80. The fourth-order valence-corrected chi connectivity index (χ4v) is 2.85. The predicted molar refractivity (Wildman–Crippen MR) is 116 cm³/mol. The van der Waals surface area contributed by atoms with Gasteiger partial charge < -0.3 is 37.6 Å². The zero-order valence-electron chi connectivity index (χ0n) is 19.1. The van der Waals surface area contributed by atoms with Gasteiger partial charge in [-0.05, 0) is 24.7 Å². The van der Waals surface area contributed by atoms with Gasteiger partial charge in [0.2, 0.25) is 23.6 Å². The molecule has 0 radical (unpaired) electrons. The lowest BCUT2D eigenvalue weighted by Crippen LogP contribution is -2.59. The van der Waals surface area contributed by atoms with Crippen LogP contribution in [0.3, 0.4) is 0 Å². The van der Waals surface area contributed by atoms with Crippen molar-refractivity contribution in [2.45, 2.75) is 77.5 Å². The molecular weight excluding hydrogens is 422 g/mol. The van der Waals surface area contributed by atoms with Crippen LogP contribution in [0.2, 0.25) is 0 Å². The van der Waals surface area contributed by atoms with Gasteiger partial charge in [-0.3, -0.25) is 19.2 Å². The molecule has 0 spiro atoms. The first-order chi connectivity index (χ1) is 14.8. The summed E-state index contributed by atoms with van der Waals surface area (Å²) in [6.45, 7) is 6.39. The van der Waals surface area contributed by atoms with Gasteiger partial charge in [0.15, 0.2) is 0 Å². The largest absolute Gasteiger partial charge is 0.480 e. The van der Waals surface area contributed by atoms with E-state index in [0.717, 1.165) is 0 Å². The smallest absolute Gasteiger partial charge is 0.328 e. The van der Waals surface area contributed by atoms with Gasteiger partial charge in [-0.15, -0.1) is 0 Å². The van der Waals surface area contributed by atoms with Crippen molar-refractivity contribution in [2.75, 3.05) is 6.61 Å². The van der Waals surface area contributed by atoms with Gasteiger partial charge in [0.25, 0.3) is 0 Å². The number of aliphatic hydroxyl groups excluding tert-OH is 1. The molecule has 12 heteroatoms. The zero-order chi connectivity index (χ0) is 25.0. The van der Waals surface area contributed by atoms with Crippen molar-refractivity contribution in [3.8, 4) is 0 Å². The van der Waals surface area contributed by atoms with Crippen LogP contribution in [0, 0.1) is 11.8 Å². The van der Waals surface area contributed by atoms with Crippen LogP contribution < -0.4 is 27.4 Å². The topological polar surface area (TPSA) is 214 Å². The third kappa shape index (κ3) is 10.5. The second kappa shape index (κ2) is 14.4. The molecule has 5 unspecified atom stereocenters. The molecule has 0 heterocycles. The number of carbonyl (C=O) groups is 5. The third-order valence-corrected chi connectivity index (χ3v) is 4.96. The molecule has 0 saturated carbocycles. The quantitative estimate of drug-likeness (QED) is 0.148. The van der Waals surface area contributed by atoms with Gasteiger partial charge in [-0.25, -0.2) is 4.79 Å². The minimum absolute atomic E-state index is 0.107. The number of aliphatic carboxylic acids is 1. The second-order valence-corrected chi connectivity index (χ2v) is 8.26. The number of carboxylic acid groups (broad SMARTS) is 1. The average Bonchev–Trinajstić information content (AvgIpc) is 2.70. The molecule has 184 valence electrons. The Balaban J connectivity index is 5.52. The Hall–Kier alpha value is -2.73. The molecule has 32 heavy (non-hydrogen) atoms. The Labute approximate surface area is 187 Å². The minimum atomic E-state index is -1.54. The third-order valence-electron chi connectivity index (χ3n) is 4.96. The fraction of sp³-hybridized carbons (Fsp3) is 0.750. The summed E-state index contributed by atoms with van der Waals surface area (Å²) in [6.07, 6.45) is 0.548. The van der Waals surface area contributed by atoms with E-state index in [0.29, 0.717) is 12.8 Å². The normalized spacial score (nSPS) is 15.7. The second-order valence-electron chi connectivity index (χ2n) is 8.26. The Morgan fingerprint density at radius 1 is 0.906 bits per heavy atom. The molecule has 12 nitrogen and oxygen atoms in total. The van der Waals surface area contributed by atoms with E-state index in [1.165, 1.54) is 0 Å². The molecule has 0 aliphatic rings. The van der Waals surface area contributed by atoms with E-state index >= 15 is 0 Å². The number of nitrogens with two attached hydrogens (primary N) is 2. The molecular formula is C20H37N5O7. The number of primary amides is 1. The highest BCUT2D eigenvalue weighted by molar-refractivity contribution is 5.94. The van der Waals surface area contributed by atoms with Gasteiger partial charge in [-0.2, -0.15) is 0 Å². The van der Waals surface area contributed by atoms with E-state index in [4.69, 9.17) is 21.7 Å². The van der Waals surface area contributed by atoms with Crippen LogP contribution in [0.4, 0.5) is 0 Å². The maximum absolute atomic E-state index is 12.9. The number of hydrogen-bond acceptors (Lipinski definition) is 7. The van der Waals surface area contributed by atoms with E-state index in [9.17, 15) is 24.0 Å². The lowest BCUT2D eigenvalue weighted by molar-refractivity contribution is -0.143. The van der Waals surface area contributed by atoms with Crippen molar-refractivity contribution >= 4 is 29.6 Å². The summed E-state index contributed by atoms with van der Waals surface area (Å²) in [4.78, 5) is 60.2. The number of carboxylic acids is 1. The van der Waals surface area contributed by atoms with E-state index in [-0.39, 0.29) is 18.8 Å². The Bertz CT molecular complexity index is 671. The minimum Gasteiger partial charge on any atom is -0.480 e. The molecule has 5 atom stereocenters. The number of amides is 4. The lowest BCUT2D eigenvalue weighted by Gasteiger charge is -2.28. The van der Waals surface area contributed by atoms with E-state index in [2.05, 4.69) is 16.0 Å². The van der Waals surface area contributed by atoms with Crippen LogP contribution in [0.5, 0.6) is 0 Å². The van der Waals surface area contributed by atoms with Crippen LogP contribution in [0.25, 0.3) is 0 Å². The lowest BCUT2D eigenvalue weighted by atomic mass is 9.97. The highest BCUT2D eigenvalue weighted by Crippen LogP contribution is 2.10. The number of rotatable bonds is 15. The summed E-state index contributed by atoms with van der Waals surface area (Å²) in [5.41, 5.74) is 11.0. The molecule has 0 aliphatic heterocycles. The molecule has 0 aliphatic carbocycles. The Kier molecular flexibility index (Phi) is 13.1. The van der Waals surface area contributed by atoms with Crippen molar-refractivity contribution in [3.63, 3.8) is 0 Å². The summed E-state index contributed by atoms with van der Waals surface area (Å²) >= 11 is 0. The monoisotopic (exact) mass is 459 g/mol. The maximum atomic E-state index is 12.9. The first-order valence-corrected chi connectivity index (χ1v) is 10.6. The van der Waals surface area contributed by atoms with Crippen molar-refractivity contribution < 1.29 is 34.2 Å². The molecule has 0 aromatic heterocycles. The van der Waals surface area contributed by atoms with Gasteiger partial charge in [-0.1, -0.05) is 34.1 Å². The Morgan fingerprint density at radius 3 is 1.91 bits per heavy atom. The molecule has 0 aromatic rings. The zero-order valence-corrected chi connectivity index (χ0v) is 19.1. The summed E-state index contributed by atoms with van der Waals surface area (Å²) in [5, 5.41) is 25.4. The highest BCUT2D eigenvalue weighted by Gasteiger charge is 2.32. The summed E-state index contributed by atoms with van der Waals surface area (Å²) in [5.74, 6) is -4.49. The van der Waals surface area contributed by atoms with Crippen LogP contribution in [0.15, 0.2) is 0 Å². The van der Waals surface area contributed by atoms with Crippen LogP contribution in [-0.2, 0) is 24.0 Å². The van der Waals surface area contributed by atoms with Crippen LogP contribution in [-0.4, -0.2) is 70.6 Å². The SMILES string of the molecule is CCC(C)C(NC(=O)C(CCC(N)=O)NC(=O)C(N)CC(C)C)C(=O)NC(CO)C(=O)O. The summed E-state index contributed by atoms with van der Waals surface area (Å²) < 4.78 is 0. The highest BCUT2D eigenvalue weighted by atomic mass is 16.4. The van der Waals surface area contributed by atoms with E-state index in [1.54, 1.807) is 13.8 Å². The summed E-state index contributed by atoms with van der Waals surface area (Å²) in [6, 6.07) is -4.72. The van der Waals surface area contributed by atoms with Crippen LogP contribution >= 0.6 is 0 Å². The van der Waals surface area contributed by atoms with E-state index < -0.39 is 66.3 Å². The van der Waals surface area contributed by atoms with Gasteiger partial charge in [0, 0.05) is 6.42 Å². The number of nitrogens with one attached hydrogen (secondary N) is 3. The molecule has 0 bridgehead atoms. The number of carbonyl (C=O) groups excluding carboxylic acids is 4. The van der Waals surface area contributed by atoms with Crippen molar-refractivity contribution in [1.82, 2.24) is 16.0 Å². The van der Waals surface area contributed by atoms with Crippen molar-refractivity contribution in [1.29, 1.82) is 0 Å². The van der Waals surface area contributed by atoms with Gasteiger partial charge in [0.05, 0.1) is 12.6 Å². The average molecular weight is 460 g/mol. The van der Waals surface area contributed by atoms with Crippen molar-refractivity contribution in [3.05, 3.63) is 0 Å². The molecule has 0 fully saturated rings. The Morgan fingerprint density at radius 2 is 1.47 bits per heavy atom. The standard InChI is InChI=1S/C20H37N5O7/c1-5-11(4)16(19(30)24-14(9-26)20(31)32)25-18(29)13(6-7-15(22)27)23-17(28)12(21)8-10(2)3/h10-14,16,26H,5-9,21H2,1-4H3,(H2,22,27)(H,23,28)(H,24,30)(H,25,29)(H,31,32). The molecule has 0 rings (SSSR count).